The highest BCUT2D eigenvalue weighted by molar-refractivity contribution is 5.32. The molecule has 0 saturated heterocycles. The van der Waals surface area contributed by atoms with Crippen LogP contribution in [0, 0.1) is 11.3 Å². The molecule has 1 aromatic rings. The van der Waals surface area contributed by atoms with Crippen LogP contribution in [0.1, 0.15) is 24.5 Å². The van der Waals surface area contributed by atoms with Crippen molar-refractivity contribution in [2.24, 2.45) is 0 Å². The average Bonchev–Trinajstić information content (AvgIpc) is 2.21. The molecule has 0 spiro atoms. The molecular formula is C11H13NO2. The van der Waals surface area contributed by atoms with E-state index in [0.717, 1.165) is 18.4 Å². The fourth-order valence-corrected chi connectivity index (χ4v) is 1.03. The first kappa shape index (κ1) is 12.2. The Morgan fingerprint density at radius 1 is 1.43 bits per heavy atom. The lowest BCUT2D eigenvalue weighted by Crippen LogP contribution is -1.82. The number of carboxylic acid groups (broad SMARTS) is 1. The number of rotatable bonds is 2. The summed E-state index contributed by atoms with van der Waals surface area (Å²) in [5.74, 6) is 0. The first-order valence-electron chi connectivity index (χ1n) is 4.35. The molecule has 74 valence electrons. The summed E-state index contributed by atoms with van der Waals surface area (Å²) < 4.78 is 0. The largest absolute Gasteiger partial charge is 0.483 e. The predicted molar refractivity (Wildman–Crippen MR) is 53.8 cm³/mol. The third kappa shape index (κ3) is 4.94. The van der Waals surface area contributed by atoms with Crippen LogP contribution in [-0.4, -0.2) is 11.6 Å². The van der Waals surface area contributed by atoms with Gasteiger partial charge < -0.3 is 5.11 Å². The summed E-state index contributed by atoms with van der Waals surface area (Å²) in [6.45, 7) is 1.90. The van der Waals surface area contributed by atoms with Gasteiger partial charge in [-0.3, -0.25) is 4.79 Å². The Balaban J connectivity index is 0.000000500. The number of benzene rings is 1. The Morgan fingerprint density at radius 3 is 2.29 bits per heavy atom. The van der Waals surface area contributed by atoms with Gasteiger partial charge in [0.1, 0.15) is 0 Å². The first-order valence-corrected chi connectivity index (χ1v) is 4.35. The second-order valence-electron chi connectivity index (χ2n) is 2.66. The summed E-state index contributed by atoms with van der Waals surface area (Å²) in [6, 6.07) is 9.86. The third-order valence-corrected chi connectivity index (χ3v) is 1.62. The van der Waals surface area contributed by atoms with Crippen LogP contribution >= 0.6 is 0 Å². The van der Waals surface area contributed by atoms with E-state index in [1.54, 1.807) is 0 Å². The first-order chi connectivity index (χ1) is 6.78. The van der Waals surface area contributed by atoms with Crippen LogP contribution in [-0.2, 0) is 11.2 Å². The zero-order valence-corrected chi connectivity index (χ0v) is 8.10. The Hall–Kier alpha value is -1.82. The molecule has 0 saturated carbocycles. The molecule has 0 bridgehead atoms. The second-order valence-corrected chi connectivity index (χ2v) is 2.66. The highest BCUT2D eigenvalue weighted by atomic mass is 16.3. The van der Waals surface area contributed by atoms with E-state index in [9.17, 15) is 0 Å². The van der Waals surface area contributed by atoms with Crippen molar-refractivity contribution in [2.45, 2.75) is 19.8 Å². The van der Waals surface area contributed by atoms with E-state index >= 15 is 0 Å². The second kappa shape index (κ2) is 7.81. The molecular weight excluding hydrogens is 178 g/mol. The summed E-state index contributed by atoms with van der Waals surface area (Å²) in [6.07, 6.45) is 2.26. The summed E-state index contributed by atoms with van der Waals surface area (Å²) in [4.78, 5) is 8.36. The minimum Gasteiger partial charge on any atom is -0.483 e. The molecule has 1 rings (SSSR count). The predicted octanol–water partition coefficient (Wildman–Crippen LogP) is 2.21. The van der Waals surface area contributed by atoms with Gasteiger partial charge in [0.25, 0.3) is 6.47 Å². The zero-order chi connectivity index (χ0) is 10.8. The van der Waals surface area contributed by atoms with Crippen LogP contribution in [0.4, 0.5) is 0 Å². The summed E-state index contributed by atoms with van der Waals surface area (Å²) in [7, 11) is 0. The maximum atomic E-state index is 8.51. The van der Waals surface area contributed by atoms with E-state index in [2.05, 4.69) is 13.0 Å². The van der Waals surface area contributed by atoms with Crippen molar-refractivity contribution in [2.75, 3.05) is 0 Å². The van der Waals surface area contributed by atoms with Crippen LogP contribution in [0.5, 0.6) is 0 Å². The molecule has 0 radical (unpaired) electrons. The summed E-state index contributed by atoms with van der Waals surface area (Å²) in [5.41, 5.74) is 2.05. The van der Waals surface area contributed by atoms with Crippen LogP contribution in [0.25, 0.3) is 0 Å². The van der Waals surface area contributed by atoms with Crippen molar-refractivity contribution < 1.29 is 9.90 Å². The van der Waals surface area contributed by atoms with Crippen molar-refractivity contribution in [3.63, 3.8) is 0 Å². The lowest BCUT2D eigenvalue weighted by molar-refractivity contribution is -0.122. The van der Waals surface area contributed by atoms with Gasteiger partial charge in [0, 0.05) is 0 Å². The molecule has 0 aliphatic rings. The van der Waals surface area contributed by atoms with Gasteiger partial charge in [-0.25, -0.2) is 0 Å². The summed E-state index contributed by atoms with van der Waals surface area (Å²) in [5, 5.41) is 15.4. The van der Waals surface area contributed by atoms with Crippen molar-refractivity contribution in [3.8, 4) is 6.07 Å². The van der Waals surface area contributed by atoms with Crippen LogP contribution in [0.3, 0.4) is 0 Å². The molecule has 0 atom stereocenters. The zero-order valence-electron chi connectivity index (χ0n) is 8.10. The Kier molecular flexibility index (Phi) is 6.79. The number of hydrogen-bond donors (Lipinski definition) is 1. The molecule has 0 unspecified atom stereocenters. The maximum Gasteiger partial charge on any atom is 0.290 e. The third-order valence-electron chi connectivity index (χ3n) is 1.62. The van der Waals surface area contributed by atoms with E-state index < -0.39 is 0 Å². The van der Waals surface area contributed by atoms with Crippen molar-refractivity contribution in [3.05, 3.63) is 35.4 Å². The van der Waals surface area contributed by atoms with Gasteiger partial charge in [0.05, 0.1) is 11.6 Å². The standard InChI is InChI=1S/C10H11N.CH2O2/c1-2-3-9-4-6-10(8-11)7-5-9;2-1-3/h4-7H,2-3H2,1H3;1H,(H,2,3). The van der Waals surface area contributed by atoms with Gasteiger partial charge in [-0.1, -0.05) is 25.5 Å². The molecule has 0 aliphatic heterocycles. The average molecular weight is 191 g/mol. The highest BCUT2D eigenvalue weighted by Gasteiger charge is 1.90. The van der Waals surface area contributed by atoms with Crippen molar-refractivity contribution >= 4 is 6.47 Å². The molecule has 1 aromatic carbocycles. The minimum absolute atomic E-state index is 0.250. The number of carbonyl (C=O) groups is 1. The number of hydrogen-bond acceptors (Lipinski definition) is 2. The van der Waals surface area contributed by atoms with E-state index in [4.69, 9.17) is 15.2 Å². The maximum absolute atomic E-state index is 8.51. The normalized spacial score (nSPS) is 8.00. The van der Waals surface area contributed by atoms with Gasteiger partial charge in [-0.05, 0) is 24.1 Å². The van der Waals surface area contributed by atoms with E-state index in [1.807, 2.05) is 24.3 Å². The number of nitriles is 1. The lowest BCUT2D eigenvalue weighted by Gasteiger charge is -1.96. The number of nitrogens with zero attached hydrogens (tertiary/aromatic N) is 1. The molecule has 0 aromatic heterocycles. The molecule has 0 aliphatic carbocycles. The van der Waals surface area contributed by atoms with E-state index in [1.165, 1.54) is 5.56 Å². The molecule has 14 heavy (non-hydrogen) atoms. The molecule has 0 fully saturated rings. The smallest absolute Gasteiger partial charge is 0.290 e. The highest BCUT2D eigenvalue weighted by Crippen LogP contribution is 2.04. The molecule has 1 N–H and O–H groups in total. The Labute approximate surface area is 83.6 Å². The lowest BCUT2D eigenvalue weighted by atomic mass is 10.1. The van der Waals surface area contributed by atoms with E-state index in [0.29, 0.717) is 0 Å². The SMILES string of the molecule is CCCc1ccc(C#N)cc1.O=CO. The van der Waals surface area contributed by atoms with Gasteiger partial charge in [0.2, 0.25) is 0 Å². The molecule has 3 nitrogen and oxygen atoms in total. The molecule has 0 heterocycles. The van der Waals surface area contributed by atoms with Gasteiger partial charge in [-0.2, -0.15) is 5.26 Å². The van der Waals surface area contributed by atoms with Gasteiger partial charge in [-0.15, -0.1) is 0 Å². The van der Waals surface area contributed by atoms with E-state index in [-0.39, 0.29) is 6.47 Å². The van der Waals surface area contributed by atoms with Gasteiger partial charge >= 0.3 is 0 Å². The fraction of sp³-hybridized carbons (Fsp3) is 0.273. The minimum atomic E-state index is -0.250. The topological polar surface area (TPSA) is 61.1 Å². The van der Waals surface area contributed by atoms with Crippen LogP contribution in [0.15, 0.2) is 24.3 Å². The van der Waals surface area contributed by atoms with Gasteiger partial charge in [0.15, 0.2) is 0 Å². The van der Waals surface area contributed by atoms with Crippen LogP contribution < -0.4 is 0 Å². The Bertz CT molecular complexity index is 298. The Morgan fingerprint density at radius 2 is 1.93 bits per heavy atom. The molecule has 3 heteroatoms. The number of aryl methyl sites for hydroxylation is 1. The van der Waals surface area contributed by atoms with Crippen molar-refractivity contribution in [1.29, 1.82) is 5.26 Å². The fourth-order valence-electron chi connectivity index (χ4n) is 1.03. The quantitative estimate of drug-likeness (QED) is 0.729. The monoisotopic (exact) mass is 191 g/mol. The van der Waals surface area contributed by atoms with Crippen LogP contribution in [0.2, 0.25) is 0 Å². The van der Waals surface area contributed by atoms with Crippen molar-refractivity contribution in [1.82, 2.24) is 0 Å². The summed E-state index contributed by atoms with van der Waals surface area (Å²) >= 11 is 0. The molecule has 0 amide bonds.